The normalized spacial score (nSPS) is 12.2. The van der Waals surface area contributed by atoms with Crippen molar-refractivity contribution in [2.75, 3.05) is 10.7 Å². The molecule has 0 aromatic carbocycles. The number of nitrogens with zero attached hydrogens (tertiary/aromatic N) is 2. The van der Waals surface area contributed by atoms with E-state index in [-0.39, 0.29) is 6.04 Å². The predicted octanol–water partition coefficient (Wildman–Crippen LogP) is 3.18. The third-order valence-corrected chi connectivity index (χ3v) is 4.32. The predicted molar refractivity (Wildman–Crippen MR) is 85.1 cm³/mol. The molecule has 0 aliphatic heterocycles. The zero-order chi connectivity index (χ0) is 14.7. The molecule has 4 N–H and O–H groups in total. The fraction of sp³-hybridized carbons (Fsp3) is 0.429. The van der Waals surface area contributed by atoms with Crippen LogP contribution in [0.2, 0.25) is 0 Å². The minimum atomic E-state index is 0.200. The summed E-state index contributed by atoms with van der Waals surface area (Å²) < 4.78 is 0. The first-order valence-electron chi connectivity index (χ1n) is 6.70. The van der Waals surface area contributed by atoms with Crippen LogP contribution in [-0.2, 0) is 6.42 Å². The highest BCUT2D eigenvalue weighted by molar-refractivity contribution is 7.12. The van der Waals surface area contributed by atoms with Crippen LogP contribution in [0.5, 0.6) is 0 Å². The van der Waals surface area contributed by atoms with Gasteiger partial charge in [0, 0.05) is 15.3 Å². The van der Waals surface area contributed by atoms with Gasteiger partial charge in [0.05, 0.1) is 6.04 Å². The Labute approximate surface area is 123 Å². The average molecular weight is 291 g/mol. The molecule has 2 aromatic heterocycles. The third kappa shape index (κ3) is 2.91. The number of rotatable bonds is 5. The molecule has 0 fully saturated rings. The summed E-state index contributed by atoms with van der Waals surface area (Å²) in [5, 5.41) is 3.47. The topological polar surface area (TPSA) is 75.9 Å². The van der Waals surface area contributed by atoms with Crippen molar-refractivity contribution >= 4 is 23.0 Å². The van der Waals surface area contributed by atoms with Crippen LogP contribution in [0.1, 0.15) is 40.8 Å². The first-order chi connectivity index (χ1) is 9.56. The maximum absolute atomic E-state index is 5.50. The Hall–Kier alpha value is -1.66. The highest BCUT2D eigenvalue weighted by atomic mass is 32.1. The molecular formula is C14H21N5S. The van der Waals surface area contributed by atoms with E-state index in [9.17, 15) is 0 Å². The molecule has 2 aromatic rings. The largest absolute Gasteiger partial charge is 0.363 e. The van der Waals surface area contributed by atoms with E-state index in [1.54, 1.807) is 0 Å². The second kappa shape index (κ2) is 6.19. The molecule has 20 heavy (non-hydrogen) atoms. The monoisotopic (exact) mass is 291 g/mol. The number of hydrazine groups is 1. The molecule has 0 aliphatic rings. The van der Waals surface area contributed by atoms with E-state index < -0.39 is 0 Å². The van der Waals surface area contributed by atoms with E-state index >= 15 is 0 Å². The minimum absolute atomic E-state index is 0.200. The summed E-state index contributed by atoms with van der Waals surface area (Å²) in [5.74, 6) is 7.01. The molecule has 1 atom stereocenters. The van der Waals surface area contributed by atoms with Crippen molar-refractivity contribution in [3.05, 3.63) is 33.3 Å². The number of anilines is 2. The number of hydrogen-bond acceptors (Lipinski definition) is 6. The summed E-state index contributed by atoms with van der Waals surface area (Å²) in [5.41, 5.74) is 4.95. The number of nitrogens with two attached hydrogens (primary N) is 1. The van der Waals surface area contributed by atoms with Gasteiger partial charge in [-0.1, -0.05) is 6.92 Å². The van der Waals surface area contributed by atoms with Gasteiger partial charge in [-0.3, -0.25) is 0 Å². The molecule has 0 aliphatic carbocycles. The number of hydrogen-bond donors (Lipinski definition) is 3. The maximum Gasteiger partial charge on any atom is 0.148 e. The smallest absolute Gasteiger partial charge is 0.148 e. The van der Waals surface area contributed by atoms with Crippen LogP contribution in [0.4, 0.5) is 11.6 Å². The lowest BCUT2D eigenvalue weighted by Crippen LogP contribution is -2.15. The van der Waals surface area contributed by atoms with Crippen molar-refractivity contribution in [2.45, 2.75) is 40.2 Å². The molecule has 0 spiro atoms. The van der Waals surface area contributed by atoms with E-state index in [0.29, 0.717) is 5.82 Å². The fourth-order valence-electron chi connectivity index (χ4n) is 2.36. The van der Waals surface area contributed by atoms with Gasteiger partial charge in [0.1, 0.15) is 18.0 Å². The van der Waals surface area contributed by atoms with E-state index in [2.05, 4.69) is 54.5 Å². The quantitative estimate of drug-likeness (QED) is 0.582. The number of nitrogen functional groups attached to an aromatic ring is 1. The first-order valence-corrected chi connectivity index (χ1v) is 7.52. The number of nitrogens with one attached hydrogen (secondary N) is 2. The summed E-state index contributed by atoms with van der Waals surface area (Å²) >= 11 is 1.82. The molecule has 0 radical (unpaired) electrons. The lowest BCUT2D eigenvalue weighted by Gasteiger charge is -2.18. The highest BCUT2D eigenvalue weighted by Crippen LogP contribution is 2.30. The van der Waals surface area contributed by atoms with Crippen molar-refractivity contribution in [1.82, 2.24) is 9.97 Å². The minimum Gasteiger partial charge on any atom is -0.363 e. The van der Waals surface area contributed by atoms with Gasteiger partial charge in [0.2, 0.25) is 0 Å². The Morgan fingerprint density at radius 2 is 2.00 bits per heavy atom. The number of thiophene rings is 1. The first kappa shape index (κ1) is 14.7. The molecule has 5 nitrogen and oxygen atoms in total. The van der Waals surface area contributed by atoms with Crippen molar-refractivity contribution in [3.8, 4) is 0 Å². The SMILES string of the molecule is CCc1c(NN)ncnc1NC(C)c1cc(C)sc1C. The zero-order valence-electron chi connectivity index (χ0n) is 12.3. The lowest BCUT2D eigenvalue weighted by molar-refractivity contribution is 0.860. The molecule has 6 heteroatoms. The summed E-state index contributed by atoms with van der Waals surface area (Å²) in [6.45, 7) is 8.49. The third-order valence-electron chi connectivity index (χ3n) is 3.33. The van der Waals surface area contributed by atoms with Gasteiger partial charge in [-0.05, 0) is 38.8 Å². The zero-order valence-corrected chi connectivity index (χ0v) is 13.1. The maximum atomic E-state index is 5.50. The Kier molecular flexibility index (Phi) is 4.57. The Morgan fingerprint density at radius 1 is 1.30 bits per heavy atom. The van der Waals surface area contributed by atoms with Gasteiger partial charge in [-0.25, -0.2) is 15.8 Å². The van der Waals surface area contributed by atoms with Crippen molar-refractivity contribution in [3.63, 3.8) is 0 Å². The van der Waals surface area contributed by atoms with Crippen LogP contribution in [0.3, 0.4) is 0 Å². The Balaban J connectivity index is 2.28. The molecule has 0 saturated carbocycles. The molecule has 108 valence electrons. The molecule has 2 heterocycles. The van der Waals surface area contributed by atoms with Crippen LogP contribution in [0.15, 0.2) is 12.4 Å². The summed E-state index contributed by atoms with van der Waals surface area (Å²) in [6.07, 6.45) is 2.34. The van der Waals surface area contributed by atoms with Gasteiger partial charge < -0.3 is 10.7 Å². The number of aromatic nitrogens is 2. The average Bonchev–Trinajstić information content (AvgIpc) is 2.77. The van der Waals surface area contributed by atoms with Gasteiger partial charge in [0.25, 0.3) is 0 Å². The fourth-order valence-corrected chi connectivity index (χ4v) is 3.38. The van der Waals surface area contributed by atoms with E-state index in [1.807, 2.05) is 11.3 Å². The second-order valence-electron chi connectivity index (χ2n) is 4.78. The lowest BCUT2D eigenvalue weighted by atomic mass is 10.1. The highest BCUT2D eigenvalue weighted by Gasteiger charge is 2.15. The van der Waals surface area contributed by atoms with Crippen LogP contribution in [-0.4, -0.2) is 9.97 Å². The standard InChI is InChI=1S/C14H21N5S/c1-5-11-13(16-7-17-14(11)19-15)18-9(3)12-6-8(2)20-10(12)4/h6-7,9H,5,15H2,1-4H3,(H2,16,17,18,19). The van der Waals surface area contributed by atoms with Gasteiger partial charge in [0.15, 0.2) is 0 Å². The molecular weight excluding hydrogens is 270 g/mol. The summed E-state index contributed by atoms with van der Waals surface area (Å²) in [6, 6.07) is 2.43. The van der Waals surface area contributed by atoms with Gasteiger partial charge in [-0.15, -0.1) is 11.3 Å². The van der Waals surface area contributed by atoms with Crippen LogP contribution in [0, 0.1) is 13.8 Å². The second-order valence-corrected chi connectivity index (χ2v) is 6.24. The van der Waals surface area contributed by atoms with Crippen molar-refractivity contribution < 1.29 is 0 Å². The Morgan fingerprint density at radius 3 is 2.55 bits per heavy atom. The van der Waals surface area contributed by atoms with E-state index in [4.69, 9.17) is 5.84 Å². The van der Waals surface area contributed by atoms with Crippen molar-refractivity contribution in [2.24, 2.45) is 5.84 Å². The van der Waals surface area contributed by atoms with E-state index in [1.165, 1.54) is 21.6 Å². The number of aryl methyl sites for hydroxylation is 2. The van der Waals surface area contributed by atoms with Crippen LogP contribution < -0.4 is 16.6 Å². The van der Waals surface area contributed by atoms with Gasteiger partial charge >= 0.3 is 0 Å². The molecule has 0 bridgehead atoms. The van der Waals surface area contributed by atoms with E-state index in [0.717, 1.165) is 17.8 Å². The Bertz CT molecular complexity index is 593. The van der Waals surface area contributed by atoms with Crippen molar-refractivity contribution in [1.29, 1.82) is 0 Å². The molecule has 1 unspecified atom stereocenters. The van der Waals surface area contributed by atoms with Crippen LogP contribution >= 0.6 is 11.3 Å². The summed E-state index contributed by atoms with van der Waals surface area (Å²) in [7, 11) is 0. The summed E-state index contributed by atoms with van der Waals surface area (Å²) in [4.78, 5) is 11.2. The molecule has 0 saturated heterocycles. The van der Waals surface area contributed by atoms with Gasteiger partial charge in [-0.2, -0.15) is 0 Å². The molecule has 2 rings (SSSR count). The molecule has 0 amide bonds. The van der Waals surface area contributed by atoms with Crippen LogP contribution in [0.25, 0.3) is 0 Å².